The lowest BCUT2D eigenvalue weighted by atomic mass is 9.95. The van der Waals surface area contributed by atoms with E-state index in [4.69, 9.17) is 9.47 Å². The van der Waals surface area contributed by atoms with Crippen LogP contribution >= 0.6 is 0 Å². The second kappa shape index (κ2) is 7.87. The lowest BCUT2D eigenvalue weighted by molar-refractivity contribution is 0.0696. The number of aromatic carboxylic acids is 1. The quantitative estimate of drug-likeness (QED) is 0.334. The third-order valence-electron chi connectivity index (χ3n) is 6.37. The summed E-state index contributed by atoms with van der Waals surface area (Å²) in [6, 6.07) is 13.6. The van der Waals surface area contributed by atoms with Crippen LogP contribution in [0.5, 0.6) is 11.5 Å². The number of nitrogens with one attached hydrogen (secondary N) is 1. The molecule has 3 aromatic carbocycles. The van der Waals surface area contributed by atoms with Gasteiger partial charge in [0.25, 0.3) is 0 Å². The van der Waals surface area contributed by atoms with Crippen molar-refractivity contribution in [2.45, 2.75) is 19.8 Å². The monoisotopic (exact) mass is 471 g/mol. The van der Waals surface area contributed by atoms with Crippen molar-refractivity contribution in [2.24, 2.45) is 0 Å². The van der Waals surface area contributed by atoms with Crippen LogP contribution in [-0.4, -0.2) is 39.1 Å². The number of carboxylic acids is 1. The number of H-pyrrole nitrogens is 1. The van der Waals surface area contributed by atoms with Gasteiger partial charge in [0.15, 0.2) is 0 Å². The molecular formula is C27H22FN3O4. The highest BCUT2D eigenvalue weighted by molar-refractivity contribution is 6.07. The Balaban J connectivity index is 1.81. The first-order valence-corrected chi connectivity index (χ1v) is 11.4. The Labute approximate surface area is 199 Å². The van der Waals surface area contributed by atoms with Gasteiger partial charge in [-0.2, -0.15) is 5.10 Å². The van der Waals surface area contributed by atoms with E-state index in [1.807, 2.05) is 6.07 Å². The second-order valence-corrected chi connectivity index (χ2v) is 8.90. The van der Waals surface area contributed by atoms with Crippen molar-refractivity contribution in [1.82, 2.24) is 14.8 Å². The first-order chi connectivity index (χ1) is 16.9. The zero-order valence-corrected chi connectivity index (χ0v) is 19.1. The molecule has 2 N–H and O–H groups in total. The molecule has 176 valence electrons. The molecular weight excluding hydrogens is 449 g/mol. The molecule has 8 heteroatoms. The number of halogens is 1. The van der Waals surface area contributed by atoms with Crippen molar-refractivity contribution in [1.29, 1.82) is 0 Å². The Morgan fingerprint density at radius 3 is 2.66 bits per heavy atom. The molecule has 6 rings (SSSR count). The fraction of sp³-hybridized carbons (Fsp3) is 0.185. The first kappa shape index (κ1) is 21.2. The topological polar surface area (TPSA) is 89.4 Å². The van der Waals surface area contributed by atoms with E-state index < -0.39 is 11.8 Å². The van der Waals surface area contributed by atoms with E-state index in [2.05, 4.69) is 34.7 Å². The number of carboxylic acid groups (broad SMARTS) is 1. The summed E-state index contributed by atoms with van der Waals surface area (Å²) in [6.45, 7) is 4.53. The van der Waals surface area contributed by atoms with E-state index in [-0.39, 0.29) is 24.7 Å². The van der Waals surface area contributed by atoms with Gasteiger partial charge < -0.3 is 19.1 Å². The average Bonchev–Trinajstić information content (AvgIpc) is 3.41. The van der Waals surface area contributed by atoms with Crippen LogP contribution in [0.3, 0.4) is 0 Å². The molecule has 7 nitrogen and oxygen atoms in total. The zero-order chi connectivity index (χ0) is 24.3. The maximum atomic E-state index is 14.3. The maximum absolute atomic E-state index is 14.3. The van der Waals surface area contributed by atoms with Gasteiger partial charge in [-0.3, -0.25) is 5.10 Å². The van der Waals surface area contributed by atoms with E-state index >= 15 is 0 Å². The van der Waals surface area contributed by atoms with E-state index in [1.54, 1.807) is 30.5 Å². The van der Waals surface area contributed by atoms with Crippen LogP contribution in [0.15, 0.2) is 54.7 Å². The molecule has 2 bridgehead atoms. The average molecular weight is 471 g/mol. The number of hydrogen-bond donors (Lipinski definition) is 2. The number of hydrogen-bond acceptors (Lipinski definition) is 4. The largest absolute Gasteiger partial charge is 0.489 e. The fourth-order valence-corrected chi connectivity index (χ4v) is 4.91. The Kier molecular flexibility index (Phi) is 4.77. The Morgan fingerprint density at radius 1 is 1.09 bits per heavy atom. The lowest BCUT2D eigenvalue weighted by Gasteiger charge is -2.18. The van der Waals surface area contributed by atoms with Crippen molar-refractivity contribution in [3.05, 3.63) is 71.8 Å². The number of aromatic amines is 1. The first-order valence-electron chi connectivity index (χ1n) is 11.4. The highest BCUT2D eigenvalue weighted by atomic mass is 19.1. The van der Waals surface area contributed by atoms with Gasteiger partial charge in [0.2, 0.25) is 0 Å². The molecule has 0 fully saturated rings. The molecule has 2 aromatic heterocycles. The van der Waals surface area contributed by atoms with Crippen LogP contribution in [0.25, 0.3) is 38.6 Å². The molecule has 0 saturated heterocycles. The predicted octanol–water partition coefficient (Wildman–Crippen LogP) is 5.91. The minimum atomic E-state index is -1.03. The van der Waals surface area contributed by atoms with Gasteiger partial charge in [-0.05, 0) is 48.4 Å². The predicted molar refractivity (Wildman–Crippen MR) is 130 cm³/mol. The van der Waals surface area contributed by atoms with Crippen molar-refractivity contribution >= 4 is 27.8 Å². The summed E-state index contributed by atoms with van der Waals surface area (Å²) in [5, 5.41) is 18.7. The standard InChI is InChI=1S/C27H22FN3O4/c1-14(2)26-25-18-5-3-15(27(32)33)10-23(18)34-7-8-35-24-11-17(28)4-6-21(24)31(26)22-9-16-13-29-30-20(16)12-19(22)25/h3-6,9-14H,7-8H2,1-2H3,(H,29,30)(H,32,33). The van der Waals surface area contributed by atoms with Crippen molar-refractivity contribution < 1.29 is 23.8 Å². The Bertz CT molecular complexity index is 1630. The number of ether oxygens (including phenoxy) is 2. The highest BCUT2D eigenvalue weighted by Gasteiger charge is 2.27. The van der Waals surface area contributed by atoms with E-state index in [0.29, 0.717) is 11.5 Å². The minimum Gasteiger partial charge on any atom is -0.489 e. The molecule has 1 aliphatic rings. The highest BCUT2D eigenvalue weighted by Crippen LogP contribution is 2.46. The molecule has 1 aliphatic heterocycles. The van der Waals surface area contributed by atoms with Gasteiger partial charge in [0, 0.05) is 33.7 Å². The Morgan fingerprint density at radius 2 is 1.89 bits per heavy atom. The maximum Gasteiger partial charge on any atom is 0.335 e. The molecule has 0 atom stereocenters. The summed E-state index contributed by atoms with van der Waals surface area (Å²) in [6.07, 6.45) is 1.77. The smallest absolute Gasteiger partial charge is 0.335 e. The van der Waals surface area contributed by atoms with Crippen LogP contribution in [-0.2, 0) is 0 Å². The third kappa shape index (κ3) is 3.32. The van der Waals surface area contributed by atoms with Crippen molar-refractivity contribution in [3.8, 4) is 28.3 Å². The number of benzene rings is 3. The number of aromatic nitrogens is 3. The molecule has 5 aromatic rings. The molecule has 0 unspecified atom stereocenters. The molecule has 3 heterocycles. The van der Waals surface area contributed by atoms with Gasteiger partial charge in [0.05, 0.1) is 28.5 Å². The van der Waals surface area contributed by atoms with Gasteiger partial charge in [-0.15, -0.1) is 0 Å². The molecule has 0 amide bonds. The van der Waals surface area contributed by atoms with Crippen LogP contribution in [0, 0.1) is 5.82 Å². The van der Waals surface area contributed by atoms with Crippen LogP contribution < -0.4 is 9.47 Å². The van der Waals surface area contributed by atoms with Gasteiger partial charge in [-0.1, -0.05) is 13.8 Å². The van der Waals surface area contributed by atoms with Crippen molar-refractivity contribution in [2.75, 3.05) is 13.2 Å². The number of rotatable bonds is 2. The van der Waals surface area contributed by atoms with E-state index in [9.17, 15) is 14.3 Å². The molecule has 0 aliphatic carbocycles. The third-order valence-corrected chi connectivity index (χ3v) is 6.37. The second-order valence-electron chi connectivity index (χ2n) is 8.90. The fourth-order valence-electron chi connectivity index (χ4n) is 4.91. The van der Waals surface area contributed by atoms with Gasteiger partial charge >= 0.3 is 5.97 Å². The summed E-state index contributed by atoms with van der Waals surface area (Å²) in [5.41, 5.74) is 5.33. The normalized spacial score (nSPS) is 13.1. The molecule has 0 spiro atoms. The number of carbonyl (C=O) groups is 1. The summed E-state index contributed by atoms with van der Waals surface area (Å²) in [7, 11) is 0. The Hall–Kier alpha value is -4.33. The summed E-state index contributed by atoms with van der Waals surface area (Å²) in [5.74, 6) is -0.510. The number of fused-ring (bicyclic) bond motifs is 10. The summed E-state index contributed by atoms with van der Waals surface area (Å²) in [4.78, 5) is 11.7. The van der Waals surface area contributed by atoms with Crippen LogP contribution in [0.2, 0.25) is 0 Å². The van der Waals surface area contributed by atoms with Crippen LogP contribution in [0.4, 0.5) is 4.39 Å². The summed E-state index contributed by atoms with van der Waals surface area (Å²) < 4.78 is 28.4. The van der Waals surface area contributed by atoms with E-state index in [0.717, 1.165) is 44.3 Å². The zero-order valence-electron chi connectivity index (χ0n) is 19.1. The van der Waals surface area contributed by atoms with Gasteiger partial charge in [-0.25, -0.2) is 9.18 Å². The summed E-state index contributed by atoms with van der Waals surface area (Å²) >= 11 is 0. The van der Waals surface area contributed by atoms with Gasteiger partial charge in [0.1, 0.15) is 30.5 Å². The lowest BCUT2D eigenvalue weighted by Crippen LogP contribution is -2.11. The molecule has 0 saturated carbocycles. The van der Waals surface area contributed by atoms with Crippen LogP contribution in [0.1, 0.15) is 35.8 Å². The minimum absolute atomic E-state index is 0.0551. The molecule has 0 radical (unpaired) electrons. The number of nitrogens with zero attached hydrogens (tertiary/aromatic N) is 2. The van der Waals surface area contributed by atoms with E-state index in [1.165, 1.54) is 12.1 Å². The molecule has 35 heavy (non-hydrogen) atoms. The SMILES string of the molecule is CC(C)c1c2c3cc4[nH]ncc4cc3n1-c1ccc(F)cc1OCCOc1cc(C(=O)O)ccc1-2. The van der Waals surface area contributed by atoms with Crippen molar-refractivity contribution in [3.63, 3.8) is 0 Å².